The van der Waals surface area contributed by atoms with Crippen molar-refractivity contribution in [3.05, 3.63) is 51.5 Å². The van der Waals surface area contributed by atoms with E-state index >= 15 is 0 Å². The number of nitrogens with zero attached hydrogens (tertiary/aromatic N) is 2. The van der Waals surface area contributed by atoms with Gasteiger partial charge in [0.2, 0.25) is 0 Å². The van der Waals surface area contributed by atoms with Crippen LogP contribution in [0.25, 0.3) is 0 Å². The molecule has 1 fully saturated rings. The lowest BCUT2D eigenvalue weighted by Gasteiger charge is -2.17. The minimum atomic E-state index is 0. The Hall–Kier alpha value is -1.15. The smallest absolute Gasteiger partial charge is 0.191 e. The van der Waals surface area contributed by atoms with Gasteiger partial charge in [0.15, 0.2) is 5.96 Å². The third-order valence-corrected chi connectivity index (χ3v) is 5.73. The number of guanidine groups is 1. The van der Waals surface area contributed by atoms with E-state index in [2.05, 4.69) is 60.7 Å². The van der Waals surface area contributed by atoms with E-state index in [0.717, 1.165) is 32.0 Å². The Morgan fingerprint density at radius 2 is 2.00 bits per heavy atom. The molecular weight excluding hydrogens is 455 g/mol. The second-order valence-corrected chi connectivity index (χ2v) is 8.15. The second-order valence-electron chi connectivity index (χ2n) is 6.83. The first-order valence-electron chi connectivity index (χ1n) is 9.12. The topological polar surface area (TPSA) is 49.3 Å². The monoisotopic (exact) mass is 484 g/mol. The Bertz CT molecular complexity index is 737. The molecule has 0 radical (unpaired) electrons. The number of hydrogen-bond donors (Lipinski definition) is 2. The highest BCUT2D eigenvalue weighted by atomic mass is 127. The molecular formula is C20H29IN4S. The highest BCUT2D eigenvalue weighted by Gasteiger charge is 2.44. The van der Waals surface area contributed by atoms with Crippen LogP contribution in [-0.4, -0.2) is 30.6 Å². The van der Waals surface area contributed by atoms with Gasteiger partial charge in [-0.15, -0.1) is 35.3 Å². The standard InChI is InChI=1S/C20H28N4S.HI/c1-4-21-19(22-12-9-18-23-13-16(3)25-18)24-14-20(10-11-20)17-8-6-5-7-15(17)2;/h5-8,13H,4,9-12,14H2,1-3H3,(H2,21,22,24);1H. The molecule has 2 N–H and O–H groups in total. The number of thiazole rings is 1. The Balaban J connectivity index is 0.00000243. The highest BCUT2D eigenvalue weighted by Crippen LogP contribution is 2.49. The van der Waals surface area contributed by atoms with Crippen molar-refractivity contribution in [1.82, 2.24) is 15.6 Å². The third-order valence-electron chi connectivity index (χ3n) is 4.75. The van der Waals surface area contributed by atoms with Gasteiger partial charge >= 0.3 is 0 Å². The largest absolute Gasteiger partial charge is 0.357 e. The van der Waals surface area contributed by atoms with Crippen molar-refractivity contribution in [1.29, 1.82) is 0 Å². The molecule has 1 aliphatic rings. The lowest BCUT2D eigenvalue weighted by atomic mass is 9.92. The number of aromatic nitrogens is 1. The zero-order chi connectivity index (χ0) is 17.7. The quantitative estimate of drug-likeness (QED) is 0.352. The molecule has 0 aliphatic heterocycles. The van der Waals surface area contributed by atoms with Crippen LogP contribution < -0.4 is 10.6 Å². The molecule has 142 valence electrons. The molecule has 0 bridgehead atoms. The predicted octanol–water partition coefficient (Wildman–Crippen LogP) is 4.21. The molecule has 2 aromatic rings. The molecule has 0 saturated heterocycles. The van der Waals surface area contributed by atoms with Gasteiger partial charge in [-0.2, -0.15) is 0 Å². The fourth-order valence-corrected chi connectivity index (χ4v) is 4.00. The van der Waals surface area contributed by atoms with Gasteiger partial charge in [-0.1, -0.05) is 24.3 Å². The number of benzene rings is 1. The Morgan fingerprint density at radius 1 is 1.23 bits per heavy atom. The number of aryl methyl sites for hydroxylation is 2. The van der Waals surface area contributed by atoms with Crippen molar-refractivity contribution in [2.75, 3.05) is 19.6 Å². The first-order chi connectivity index (χ1) is 12.1. The first-order valence-corrected chi connectivity index (χ1v) is 9.94. The molecule has 1 aliphatic carbocycles. The van der Waals surface area contributed by atoms with Crippen LogP contribution in [0.5, 0.6) is 0 Å². The number of nitrogens with one attached hydrogen (secondary N) is 2. The molecule has 1 heterocycles. The minimum absolute atomic E-state index is 0. The maximum absolute atomic E-state index is 4.88. The van der Waals surface area contributed by atoms with E-state index in [1.807, 2.05) is 6.20 Å². The number of aliphatic imine (C=N–C) groups is 1. The van der Waals surface area contributed by atoms with E-state index in [1.54, 1.807) is 11.3 Å². The first kappa shape index (κ1) is 21.2. The second kappa shape index (κ2) is 9.69. The van der Waals surface area contributed by atoms with Crippen LogP contribution in [0, 0.1) is 13.8 Å². The molecule has 0 unspecified atom stereocenters. The van der Waals surface area contributed by atoms with Crippen LogP contribution in [0.4, 0.5) is 0 Å². The van der Waals surface area contributed by atoms with E-state index in [1.165, 1.54) is 33.9 Å². The molecule has 26 heavy (non-hydrogen) atoms. The molecule has 0 spiro atoms. The lowest BCUT2D eigenvalue weighted by Crippen LogP contribution is -2.39. The van der Waals surface area contributed by atoms with Crippen molar-refractivity contribution in [2.45, 2.75) is 45.4 Å². The van der Waals surface area contributed by atoms with E-state index in [4.69, 9.17) is 4.99 Å². The minimum Gasteiger partial charge on any atom is -0.357 e. The van der Waals surface area contributed by atoms with Crippen molar-refractivity contribution in [2.24, 2.45) is 4.99 Å². The summed E-state index contributed by atoms with van der Waals surface area (Å²) >= 11 is 1.77. The summed E-state index contributed by atoms with van der Waals surface area (Å²) in [5, 5.41) is 7.99. The van der Waals surface area contributed by atoms with E-state index in [0.29, 0.717) is 0 Å². The van der Waals surface area contributed by atoms with Crippen LogP contribution >= 0.6 is 35.3 Å². The zero-order valence-electron chi connectivity index (χ0n) is 15.8. The van der Waals surface area contributed by atoms with E-state index in [9.17, 15) is 0 Å². The normalized spacial score (nSPS) is 15.3. The van der Waals surface area contributed by atoms with Crippen LogP contribution in [0.15, 0.2) is 35.5 Å². The van der Waals surface area contributed by atoms with Crippen LogP contribution in [-0.2, 0) is 11.8 Å². The van der Waals surface area contributed by atoms with Crippen molar-refractivity contribution in [3.63, 3.8) is 0 Å². The summed E-state index contributed by atoms with van der Waals surface area (Å²) in [5.74, 6) is 0.913. The molecule has 4 nitrogen and oxygen atoms in total. The Morgan fingerprint density at radius 3 is 2.62 bits per heavy atom. The van der Waals surface area contributed by atoms with Gasteiger partial charge in [0.05, 0.1) is 11.6 Å². The van der Waals surface area contributed by atoms with Crippen LogP contribution in [0.1, 0.15) is 40.8 Å². The Labute approximate surface area is 177 Å². The van der Waals surface area contributed by atoms with Crippen molar-refractivity contribution >= 4 is 41.3 Å². The number of hydrogen-bond acceptors (Lipinski definition) is 3. The van der Waals surface area contributed by atoms with Gasteiger partial charge in [-0.25, -0.2) is 4.98 Å². The van der Waals surface area contributed by atoms with Crippen molar-refractivity contribution < 1.29 is 0 Å². The summed E-state index contributed by atoms with van der Waals surface area (Å²) in [6.45, 7) is 8.99. The Kier molecular flexibility index (Phi) is 7.88. The summed E-state index contributed by atoms with van der Waals surface area (Å²) in [4.78, 5) is 10.6. The van der Waals surface area contributed by atoms with Gasteiger partial charge in [-0.05, 0) is 44.7 Å². The molecule has 1 aromatic carbocycles. The van der Waals surface area contributed by atoms with Gasteiger partial charge < -0.3 is 10.6 Å². The van der Waals surface area contributed by atoms with E-state index < -0.39 is 0 Å². The van der Waals surface area contributed by atoms with Gasteiger partial charge in [-0.3, -0.25) is 4.99 Å². The highest BCUT2D eigenvalue weighted by molar-refractivity contribution is 14.0. The molecule has 0 amide bonds. The SMILES string of the molecule is CCNC(=NCC1(c2ccccc2C)CC1)NCCc1ncc(C)s1.I. The van der Waals surface area contributed by atoms with Gasteiger partial charge in [0.1, 0.15) is 0 Å². The fourth-order valence-electron chi connectivity index (χ4n) is 3.21. The molecule has 3 rings (SSSR count). The number of rotatable bonds is 7. The molecule has 6 heteroatoms. The van der Waals surface area contributed by atoms with Crippen LogP contribution in [0.2, 0.25) is 0 Å². The average Bonchev–Trinajstić information content (AvgIpc) is 3.28. The molecule has 1 aromatic heterocycles. The van der Waals surface area contributed by atoms with E-state index in [-0.39, 0.29) is 29.4 Å². The maximum atomic E-state index is 4.88. The molecule has 1 saturated carbocycles. The summed E-state index contributed by atoms with van der Waals surface area (Å²) in [6, 6.07) is 8.73. The summed E-state index contributed by atoms with van der Waals surface area (Å²) in [6.07, 6.45) is 5.35. The van der Waals surface area contributed by atoms with Crippen LogP contribution in [0.3, 0.4) is 0 Å². The maximum Gasteiger partial charge on any atom is 0.191 e. The third kappa shape index (κ3) is 5.42. The number of halogens is 1. The van der Waals surface area contributed by atoms with Gasteiger partial charge in [0, 0.05) is 36.0 Å². The predicted molar refractivity (Wildman–Crippen MR) is 122 cm³/mol. The summed E-state index contributed by atoms with van der Waals surface area (Å²) in [5.41, 5.74) is 3.10. The van der Waals surface area contributed by atoms with Crippen molar-refractivity contribution in [3.8, 4) is 0 Å². The fraction of sp³-hybridized carbons (Fsp3) is 0.500. The average molecular weight is 484 g/mol. The lowest BCUT2D eigenvalue weighted by molar-refractivity contribution is 0.687. The van der Waals surface area contributed by atoms with Gasteiger partial charge in [0.25, 0.3) is 0 Å². The summed E-state index contributed by atoms with van der Waals surface area (Å²) < 4.78 is 0. The summed E-state index contributed by atoms with van der Waals surface area (Å²) in [7, 11) is 0. The zero-order valence-corrected chi connectivity index (χ0v) is 19.0. The molecule has 0 atom stereocenters.